The maximum atomic E-state index is 12.3. The van der Waals surface area contributed by atoms with E-state index in [1.807, 2.05) is 17.0 Å². The second-order valence-electron chi connectivity index (χ2n) is 4.51. The van der Waals surface area contributed by atoms with Gasteiger partial charge in [-0.05, 0) is 52.9 Å². The summed E-state index contributed by atoms with van der Waals surface area (Å²) in [4.78, 5) is 14.2. The van der Waals surface area contributed by atoms with E-state index in [1.165, 1.54) is 0 Å². The first-order valence-corrected chi connectivity index (χ1v) is 8.21. The van der Waals surface area contributed by atoms with Crippen LogP contribution in [-0.4, -0.2) is 29.2 Å². The van der Waals surface area contributed by atoms with Gasteiger partial charge in [0.25, 0.3) is 5.91 Å². The highest BCUT2D eigenvalue weighted by Crippen LogP contribution is 2.26. The predicted molar refractivity (Wildman–Crippen MR) is 81.6 cm³/mol. The van der Waals surface area contributed by atoms with E-state index in [0.29, 0.717) is 16.5 Å². The predicted octanol–water partition coefficient (Wildman–Crippen LogP) is 4.35. The molecule has 0 saturated carbocycles. The summed E-state index contributed by atoms with van der Waals surface area (Å²) < 4.78 is 0.819. The number of amides is 1. The first kappa shape index (κ1) is 14.4. The lowest BCUT2D eigenvalue weighted by molar-refractivity contribution is 0.0787. The molecule has 98 valence electrons. The van der Waals surface area contributed by atoms with Crippen LogP contribution in [0.2, 0.25) is 5.02 Å². The van der Waals surface area contributed by atoms with E-state index in [4.69, 9.17) is 11.6 Å². The highest BCUT2D eigenvalue weighted by Gasteiger charge is 2.26. The van der Waals surface area contributed by atoms with Crippen LogP contribution in [-0.2, 0) is 0 Å². The minimum absolute atomic E-state index is 0.0847. The number of hydrogen-bond acceptors (Lipinski definition) is 1. The monoisotopic (exact) mass is 393 g/mol. The standard InChI is InChI=1S/C13H14Br2ClNO/c14-5-3-9-4-6-17(8-9)13(18)10-1-2-11(15)12(16)7-10/h1-2,7,9H,3-6,8H2. The Morgan fingerprint density at radius 3 is 2.94 bits per heavy atom. The highest BCUT2D eigenvalue weighted by atomic mass is 79.9. The number of halogens is 3. The molecular weight excluding hydrogens is 381 g/mol. The van der Waals surface area contributed by atoms with Crippen molar-refractivity contribution < 1.29 is 4.79 Å². The molecule has 0 aliphatic carbocycles. The smallest absolute Gasteiger partial charge is 0.253 e. The largest absolute Gasteiger partial charge is 0.338 e. The maximum Gasteiger partial charge on any atom is 0.253 e. The average Bonchev–Trinajstić information content (AvgIpc) is 2.81. The molecule has 1 saturated heterocycles. The van der Waals surface area contributed by atoms with Crippen LogP contribution < -0.4 is 0 Å². The molecule has 18 heavy (non-hydrogen) atoms. The number of carbonyl (C=O) groups excluding carboxylic acids is 1. The Bertz CT molecular complexity index is 453. The molecule has 1 amide bonds. The zero-order valence-electron chi connectivity index (χ0n) is 9.83. The third-order valence-corrected chi connectivity index (χ3v) is 4.95. The summed E-state index contributed by atoms with van der Waals surface area (Å²) in [6.07, 6.45) is 2.23. The molecule has 1 aromatic rings. The van der Waals surface area contributed by atoms with Crippen LogP contribution in [0.5, 0.6) is 0 Å². The topological polar surface area (TPSA) is 20.3 Å². The second kappa shape index (κ2) is 6.40. The van der Waals surface area contributed by atoms with E-state index < -0.39 is 0 Å². The minimum atomic E-state index is 0.0847. The van der Waals surface area contributed by atoms with Gasteiger partial charge in [0.15, 0.2) is 0 Å². The summed E-state index contributed by atoms with van der Waals surface area (Å²) in [7, 11) is 0. The summed E-state index contributed by atoms with van der Waals surface area (Å²) in [5.41, 5.74) is 0.669. The van der Waals surface area contributed by atoms with E-state index in [0.717, 1.165) is 35.7 Å². The zero-order chi connectivity index (χ0) is 13.1. The van der Waals surface area contributed by atoms with Crippen molar-refractivity contribution in [1.29, 1.82) is 0 Å². The van der Waals surface area contributed by atoms with Gasteiger partial charge in [-0.2, -0.15) is 0 Å². The Kier molecular flexibility index (Phi) is 5.10. The molecule has 5 heteroatoms. The summed E-state index contributed by atoms with van der Waals surface area (Å²) in [6, 6.07) is 5.36. The summed E-state index contributed by atoms with van der Waals surface area (Å²) in [5, 5.41) is 1.58. The molecule has 1 aromatic carbocycles. The fourth-order valence-electron chi connectivity index (χ4n) is 2.22. The van der Waals surface area contributed by atoms with Gasteiger partial charge < -0.3 is 4.90 Å². The summed E-state index contributed by atoms with van der Waals surface area (Å²) >= 11 is 12.8. The molecule has 1 atom stereocenters. The molecule has 1 aliphatic heterocycles. The number of rotatable bonds is 3. The third-order valence-electron chi connectivity index (χ3n) is 3.26. The molecule has 2 rings (SSSR count). The number of likely N-dealkylation sites (tertiary alicyclic amines) is 1. The van der Waals surface area contributed by atoms with Crippen molar-refractivity contribution >= 4 is 49.4 Å². The van der Waals surface area contributed by atoms with Gasteiger partial charge in [-0.3, -0.25) is 4.79 Å². The lowest BCUT2D eigenvalue weighted by Crippen LogP contribution is -2.28. The maximum absolute atomic E-state index is 12.3. The van der Waals surface area contributed by atoms with Crippen LogP contribution in [0.25, 0.3) is 0 Å². The number of hydrogen-bond donors (Lipinski definition) is 0. The quantitative estimate of drug-likeness (QED) is 0.697. The highest BCUT2D eigenvalue weighted by molar-refractivity contribution is 9.10. The molecule has 1 fully saturated rings. The lowest BCUT2D eigenvalue weighted by atomic mass is 10.1. The van der Waals surface area contributed by atoms with Gasteiger partial charge in [0.2, 0.25) is 0 Å². The molecular formula is C13H14Br2ClNO. The molecule has 1 heterocycles. The first-order chi connectivity index (χ1) is 8.61. The second-order valence-corrected chi connectivity index (χ2v) is 6.57. The van der Waals surface area contributed by atoms with Crippen molar-refractivity contribution in [3.8, 4) is 0 Å². The van der Waals surface area contributed by atoms with E-state index in [9.17, 15) is 4.79 Å². The Morgan fingerprint density at radius 2 is 2.28 bits per heavy atom. The van der Waals surface area contributed by atoms with Crippen LogP contribution in [0, 0.1) is 5.92 Å². The Morgan fingerprint density at radius 1 is 1.50 bits per heavy atom. The van der Waals surface area contributed by atoms with Gasteiger partial charge >= 0.3 is 0 Å². The van der Waals surface area contributed by atoms with Crippen molar-refractivity contribution in [2.75, 3.05) is 18.4 Å². The number of nitrogens with zero attached hydrogens (tertiary/aromatic N) is 1. The fourth-order valence-corrected chi connectivity index (χ4v) is 3.29. The van der Waals surface area contributed by atoms with Gasteiger partial charge in [0, 0.05) is 28.5 Å². The fraction of sp³-hybridized carbons (Fsp3) is 0.462. The number of alkyl halides is 1. The molecule has 0 N–H and O–H groups in total. The molecule has 0 aromatic heterocycles. The van der Waals surface area contributed by atoms with Gasteiger partial charge in [0.05, 0.1) is 5.02 Å². The van der Waals surface area contributed by atoms with Gasteiger partial charge in [0.1, 0.15) is 0 Å². The first-order valence-electron chi connectivity index (χ1n) is 5.92. The third kappa shape index (κ3) is 3.28. The van der Waals surface area contributed by atoms with Crippen LogP contribution in [0.3, 0.4) is 0 Å². The molecule has 1 aliphatic rings. The Hall–Kier alpha value is -0.0600. The molecule has 0 spiro atoms. The normalized spacial score (nSPS) is 19.3. The van der Waals surface area contributed by atoms with Crippen molar-refractivity contribution in [3.05, 3.63) is 33.3 Å². The summed E-state index contributed by atoms with van der Waals surface area (Å²) in [5.74, 6) is 0.709. The minimum Gasteiger partial charge on any atom is -0.338 e. The van der Waals surface area contributed by atoms with Crippen molar-refractivity contribution in [2.24, 2.45) is 5.92 Å². The molecule has 0 radical (unpaired) electrons. The number of benzene rings is 1. The molecule has 2 nitrogen and oxygen atoms in total. The molecule has 0 bridgehead atoms. The van der Waals surface area contributed by atoms with Gasteiger partial charge in [-0.1, -0.05) is 27.5 Å². The van der Waals surface area contributed by atoms with Crippen molar-refractivity contribution in [3.63, 3.8) is 0 Å². The van der Waals surface area contributed by atoms with E-state index in [1.54, 1.807) is 6.07 Å². The van der Waals surface area contributed by atoms with Crippen LogP contribution >= 0.6 is 43.5 Å². The van der Waals surface area contributed by atoms with Crippen LogP contribution in [0.15, 0.2) is 22.7 Å². The van der Waals surface area contributed by atoms with E-state index in [-0.39, 0.29) is 5.91 Å². The Balaban J connectivity index is 2.05. The van der Waals surface area contributed by atoms with Gasteiger partial charge in [-0.25, -0.2) is 0 Å². The van der Waals surface area contributed by atoms with Crippen molar-refractivity contribution in [2.45, 2.75) is 12.8 Å². The van der Waals surface area contributed by atoms with Crippen LogP contribution in [0.4, 0.5) is 0 Å². The van der Waals surface area contributed by atoms with Crippen LogP contribution in [0.1, 0.15) is 23.2 Å². The lowest BCUT2D eigenvalue weighted by Gasteiger charge is -2.16. The van der Waals surface area contributed by atoms with Gasteiger partial charge in [-0.15, -0.1) is 0 Å². The van der Waals surface area contributed by atoms with Crippen molar-refractivity contribution in [1.82, 2.24) is 4.90 Å². The van der Waals surface area contributed by atoms with E-state index in [2.05, 4.69) is 31.9 Å². The SMILES string of the molecule is O=C(c1ccc(Br)c(Cl)c1)N1CCC(CCBr)C1. The average molecular weight is 396 g/mol. The number of carbonyl (C=O) groups is 1. The molecule has 1 unspecified atom stereocenters. The Labute approximate surface area is 129 Å². The van der Waals surface area contributed by atoms with E-state index >= 15 is 0 Å². The zero-order valence-corrected chi connectivity index (χ0v) is 13.8. The summed E-state index contributed by atoms with van der Waals surface area (Å²) in [6.45, 7) is 1.71.